The van der Waals surface area contributed by atoms with Crippen LogP contribution in [-0.2, 0) is 11.2 Å². The summed E-state index contributed by atoms with van der Waals surface area (Å²) in [5.41, 5.74) is 0.945. The van der Waals surface area contributed by atoms with Gasteiger partial charge in [-0.05, 0) is 30.5 Å². The Labute approximate surface area is 102 Å². The molecule has 0 aliphatic rings. The van der Waals surface area contributed by atoms with E-state index in [1.165, 1.54) is 0 Å². The number of hydrogen-bond acceptors (Lipinski definition) is 1. The molecule has 0 saturated carbocycles. The van der Waals surface area contributed by atoms with E-state index in [2.05, 4.69) is 19.2 Å². The van der Waals surface area contributed by atoms with Crippen LogP contribution in [0, 0.1) is 5.92 Å². The highest BCUT2D eigenvalue weighted by Gasteiger charge is 2.10. The molecule has 88 valence electrons. The molecule has 1 aromatic rings. The average Bonchev–Trinajstić information content (AvgIpc) is 2.16. The summed E-state index contributed by atoms with van der Waals surface area (Å²) in [6.07, 6.45) is 0.387. The van der Waals surface area contributed by atoms with Gasteiger partial charge in [-0.1, -0.05) is 37.6 Å². The Morgan fingerprint density at radius 3 is 2.62 bits per heavy atom. The summed E-state index contributed by atoms with van der Waals surface area (Å²) in [6.45, 7) is 6.19. The zero-order valence-corrected chi connectivity index (χ0v) is 10.7. The molecule has 0 fully saturated rings. The Morgan fingerprint density at radius 1 is 1.38 bits per heavy atom. The number of nitrogens with one attached hydrogen (secondary N) is 1. The lowest BCUT2D eigenvalue weighted by Gasteiger charge is -2.17. The zero-order chi connectivity index (χ0) is 12.1. The van der Waals surface area contributed by atoms with Crippen molar-refractivity contribution in [1.82, 2.24) is 5.32 Å². The molecule has 16 heavy (non-hydrogen) atoms. The van der Waals surface area contributed by atoms with Crippen LogP contribution >= 0.6 is 11.6 Å². The van der Waals surface area contributed by atoms with Crippen LogP contribution < -0.4 is 5.32 Å². The minimum absolute atomic E-state index is 0.0449. The van der Waals surface area contributed by atoms with Crippen LogP contribution in [0.1, 0.15) is 26.3 Å². The first-order chi connectivity index (χ1) is 7.49. The standard InChI is InChI=1S/C13H18ClNO/c1-9(2)10(3)15-13(16)8-11-5-4-6-12(14)7-11/h4-7,9-10H,8H2,1-3H3,(H,15,16). The highest BCUT2D eigenvalue weighted by molar-refractivity contribution is 6.30. The average molecular weight is 240 g/mol. The lowest BCUT2D eigenvalue weighted by atomic mass is 10.1. The van der Waals surface area contributed by atoms with Gasteiger partial charge in [0, 0.05) is 11.1 Å². The molecule has 1 unspecified atom stereocenters. The van der Waals surface area contributed by atoms with Gasteiger partial charge in [-0.3, -0.25) is 4.79 Å². The van der Waals surface area contributed by atoms with E-state index in [0.717, 1.165) is 5.56 Å². The molecule has 0 saturated heterocycles. The molecular weight excluding hydrogens is 222 g/mol. The van der Waals surface area contributed by atoms with Gasteiger partial charge < -0.3 is 5.32 Å². The number of benzene rings is 1. The van der Waals surface area contributed by atoms with Crippen LogP contribution in [0.4, 0.5) is 0 Å². The number of amides is 1. The number of halogens is 1. The lowest BCUT2D eigenvalue weighted by molar-refractivity contribution is -0.121. The Hall–Kier alpha value is -1.02. The first-order valence-electron chi connectivity index (χ1n) is 5.53. The van der Waals surface area contributed by atoms with E-state index >= 15 is 0 Å². The Kier molecular flexibility index (Phi) is 4.81. The van der Waals surface area contributed by atoms with E-state index in [0.29, 0.717) is 17.4 Å². The van der Waals surface area contributed by atoms with Gasteiger partial charge in [-0.25, -0.2) is 0 Å². The number of carbonyl (C=O) groups excluding carboxylic acids is 1. The first kappa shape index (κ1) is 13.0. The normalized spacial score (nSPS) is 12.6. The third-order valence-corrected chi connectivity index (χ3v) is 2.88. The zero-order valence-electron chi connectivity index (χ0n) is 9.96. The molecular formula is C13H18ClNO. The van der Waals surface area contributed by atoms with Gasteiger partial charge >= 0.3 is 0 Å². The molecule has 3 heteroatoms. The largest absolute Gasteiger partial charge is 0.353 e. The SMILES string of the molecule is CC(C)C(C)NC(=O)Cc1cccc(Cl)c1. The van der Waals surface area contributed by atoms with Gasteiger partial charge in [0.15, 0.2) is 0 Å². The monoisotopic (exact) mass is 239 g/mol. The fraction of sp³-hybridized carbons (Fsp3) is 0.462. The topological polar surface area (TPSA) is 29.1 Å². The van der Waals surface area contributed by atoms with Crippen LogP contribution in [0.5, 0.6) is 0 Å². The molecule has 0 heterocycles. The molecule has 2 nitrogen and oxygen atoms in total. The molecule has 1 aromatic carbocycles. The summed E-state index contributed by atoms with van der Waals surface area (Å²) in [5.74, 6) is 0.492. The van der Waals surface area contributed by atoms with Crippen molar-refractivity contribution in [2.45, 2.75) is 33.2 Å². The molecule has 0 aromatic heterocycles. The highest BCUT2D eigenvalue weighted by atomic mass is 35.5. The third kappa shape index (κ3) is 4.23. The lowest BCUT2D eigenvalue weighted by Crippen LogP contribution is -2.37. The van der Waals surface area contributed by atoms with Crippen LogP contribution in [0.15, 0.2) is 24.3 Å². The molecule has 1 amide bonds. The fourth-order valence-electron chi connectivity index (χ4n) is 1.30. The van der Waals surface area contributed by atoms with Gasteiger partial charge in [0.05, 0.1) is 6.42 Å². The van der Waals surface area contributed by atoms with Crippen molar-refractivity contribution in [2.75, 3.05) is 0 Å². The number of hydrogen-bond donors (Lipinski definition) is 1. The first-order valence-corrected chi connectivity index (χ1v) is 5.90. The van der Waals surface area contributed by atoms with Crippen molar-refractivity contribution >= 4 is 17.5 Å². The molecule has 1 rings (SSSR count). The minimum Gasteiger partial charge on any atom is -0.353 e. The molecule has 1 atom stereocenters. The van der Waals surface area contributed by atoms with E-state index in [9.17, 15) is 4.79 Å². The molecule has 0 spiro atoms. The molecule has 0 aliphatic heterocycles. The van der Waals surface area contributed by atoms with Gasteiger partial charge in [-0.15, -0.1) is 0 Å². The van der Waals surface area contributed by atoms with Crippen molar-refractivity contribution in [3.8, 4) is 0 Å². The quantitative estimate of drug-likeness (QED) is 0.860. The number of rotatable bonds is 4. The van der Waals surface area contributed by atoms with Gasteiger partial charge in [0.1, 0.15) is 0 Å². The second kappa shape index (κ2) is 5.90. The van der Waals surface area contributed by atoms with Gasteiger partial charge in [0.25, 0.3) is 0 Å². The van der Waals surface area contributed by atoms with Crippen molar-refractivity contribution in [1.29, 1.82) is 0 Å². The predicted molar refractivity (Wildman–Crippen MR) is 67.6 cm³/mol. The van der Waals surface area contributed by atoms with Crippen molar-refractivity contribution in [2.24, 2.45) is 5.92 Å². The molecule has 1 N–H and O–H groups in total. The van der Waals surface area contributed by atoms with Crippen molar-refractivity contribution in [3.05, 3.63) is 34.9 Å². The van der Waals surface area contributed by atoms with Crippen molar-refractivity contribution < 1.29 is 4.79 Å². The van der Waals surface area contributed by atoms with E-state index in [1.807, 2.05) is 25.1 Å². The fourth-order valence-corrected chi connectivity index (χ4v) is 1.52. The second-order valence-corrected chi connectivity index (χ2v) is 4.84. The third-order valence-electron chi connectivity index (χ3n) is 2.64. The highest BCUT2D eigenvalue weighted by Crippen LogP contribution is 2.11. The smallest absolute Gasteiger partial charge is 0.224 e. The van der Waals surface area contributed by atoms with Crippen LogP contribution in [-0.4, -0.2) is 11.9 Å². The Morgan fingerprint density at radius 2 is 2.06 bits per heavy atom. The van der Waals surface area contributed by atoms with E-state index in [1.54, 1.807) is 6.07 Å². The molecule has 0 aliphatic carbocycles. The summed E-state index contributed by atoms with van der Waals surface area (Å²) in [7, 11) is 0. The van der Waals surface area contributed by atoms with E-state index < -0.39 is 0 Å². The summed E-state index contributed by atoms with van der Waals surface area (Å²) < 4.78 is 0. The van der Waals surface area contributed by atoms with Crippen LogP contribution in [0.2, 0.25) is 5.02 Å². The van der Waals surface area contributed by atoms with Gasteiger partial charge in [-0.2, -0.15) is 0 Å². The Balaban J connectivity index is 2.52. The van der Waals surface area contributed by atoms with Crippen LogP contribution in [0.3, 0.4) is 0 Å². The van der Waals surface area contributed by atoms with Gasteiger partial charge in [0.2, 0.25) is 5.91 Å². The summed E-state index contributed by atoms with van der Waals surface area (Å²) in [6, 6.07) is 7.59. The maximum atomic E-state index is 11.7. The molecule has 0 radical (unpaired) electrons. The maximum absolute atomic E-state index is 11.7. The van der Waals surface area contributed by atoms with Crippen molar-refractivity contribution in [3.63, 3.8) is 0 Å². The Bertz CT molecular complexity index is 363. The summed E-state index contributed by atoms with van der Waals surface area (Å²) >= 11 is 5.85. The van der Waals surface area contributed by atoms with E-state index in [4.69, 9.17) is 11.6 Å². The van der Waals surface area contributed by atoms with Crippen LogP contribution in [0.25, 0.3) is 0 Å². The summed E-state index contributed by atoms with van der Waals surface area (Å²) in [4.78, 5) is 11.7. The minimum atomic E-state index is 0.0449. The van der Waals surface area contributed by atoms with E-state index in [-0.39, 0.29) is 11.9 Å². The predicted octanol–water partition coefficient (Wildman–Crippen LogP) is 3.04. The maximum Gasteiger partial charge on any atom is 0.224 e. The molecule has 0 bridgehead atoms. The summed E-state index contributed by atoms with van der Waals surface area (Å²) in [5, 5.41) is 3.63. The number of carbonyl (C=O) groups is 1. The second-order valence-electron chi connectivity index (χ2n) is 4.41.